The van der Waals surface area contributed by atoms with Crippen molar-refractivity contribution in [1.29, 1.82) is 0 Å². The van der Waals surface area contributed by atoms with E-state index >= 15 is 0 Å². The standard InChI is InChI=1S/C15H9F2NS/c16-11-7-4-8-12(17)14(11)13-9-19-15(18-13)10-5-2-1-3-6-10/h1-9H. The van der Waals surface area contributed by atoms with E-state index < -0.39 is 11.6 Å². The quantitative estimate of drug-likeness (QED) is 0.656. The SMILES string of the molecule is Fc1cccc(F)c1-c1csc(-c2ccccc2)n1. The molecule has 0 N–H and O–H groups in total. The third-order valence-corrected chi connectivity index (χ3v) is 3.64. The zero-order valence-electron chi connectivity index (χ0n) is 9.81. The van der Waals surface area contributed by atoms with Crippen LogP contribution in [-0.4, -0.2) is 4.98 Å². The Morgan fingerprint density at radius 3 is 2.21 bits per heavy atom. The summed E-state index contributed by atoms with van der Waals surface area (Å²) in [5.74, 6) is -1.19. The van der Waals surface area contributed by atoms with Crippen LogP contribution in [0.15, 0.2) is 53.9 Å². The fourth-order valence-electron chi connectivity index (χ4n) is 1.84. The van der Waals surface area contributed by atoms with Gasteiger partial charge in [0.2, 0.25) is 0 Å². The number of halogens is 2. The monoisotopic (exact) mass is 273 g/mol. The predicted molar refractivity (Wildman–Crippen MR) is 72.9 cm³/mol. The fourth-order valence-corrected chi connectivity index (χ4v) is 2.66. The van der Waals surface area contributed by atoms with Crippen molar-refractivity contribution in [3.8, 4) is 21.8 Å². The molecule has 19 heavy (non-hydrogen) atoms. The number of aromatic nitrogens is 1. The van der Waals surface area contributed by atoms with Gasteiger partial charge in [0.25, 0.3) is 0 Å². The molecule has 0 aliphatic heterocycles. The fraction of sp³-hybridized carbons (Fsp3) is 0. The van der Waals surface area contributed by atoms with Crippen molar-refractivity contribution >= 4 is 11.3 Å². The van der Waals surface area contributed by atoms with Crippen LogP contribution in [0.3, 0.4) is 0 Å². The van der Waals surface area contributed by atoms with Gasteiger partial charge < -0.3 is 0 Å². The Morgan fingerprint density at radius 2 is 1.53 bits per heavy atom. The zero-order chi connectivity index (χ0) is 13.2. The highest BCUT2D eigenvalue weighted by Gasteiger charge is 2.14. The third-order valence-electron chi connectivity index (χ3n) is 2.74. The number of rotatable bonds is 2. The summed E-state index contributed by atoms with van der Waals surface area (Å²) in [5.41, 5.74) is 1.20. The maximum atomic E-state index is 13.7. The van der Waals surface area contributed by atoms with Crippen LogP contribution in [0.5, 0.6) is 0 Å². The molecule has 2 aromatic carbocycles. The lowest BCUT2D eigenvalue weighted by atomic mass is 10.1. The van der Waals surface area contributed by atoms with Gasteiger partial charge in [0.15, 0.2) is 0 Å². The van der Waals surface area contributed by atoms with E-state index in [1.807, 2.05) is 30.3 Å². The van der Waals surface area contributed by atoms with Gasteiger partial charge >= 0.3 is 0 Å². The number of hydrogen-bond acceptors (Lipinski definition) is 2. The van der Waals surface area contributed by atoms with Crippen LogP contribution in [0.25, 0.3) is 21.8 Å². The Bertz CT molecular complexity index is 687. The first-order valence-corrected chi connectivity index (χ1v) is 6.59. The zero-order valence-corrected chi connectivity index (χ0v) is 10.6. The molecule has 0 amide bonds. The predicted octanol–water partition coefficient (Wildman–Crippen LogP) is 4.76. The first-order valence-electron chi connectivity index (χ1n) is 5.71. The molecule has 0 fully saturated rings. The third kappa shape index (κ3) is 2.27. The topological polar surface area (TPSA) is 12.9 Å². The van der Waals surface area contributed by atoms with Crippen molar-refractivity contribution in [3.05, 3.63) is 65.5 Å². The molecule has 1 heterocycles. The molecular formula is C15H9F2NS. The Labute approximate surface area is 113 Å². The largest absolute Gasteiger partial charge is 0.236 e. The Hall–Kier alpha value is -2.07. The molecule has 0 saturated carbocycles. The van der Waals surface area contributed by atoms with Gasteiger partial charge in [0, 0.05) is 10.9 Å². The van der Waals surface area contributed by atoms with E-state index in [1.165, 1.54) is 29.5 Å². The van der Waals surface area contributed by atoms with E-state index in [0.717, 1.165) is 10.6 Å². The van der Waals surface area contributed by atoms with Gasteiger partial charge in [-0.05, 0) is 12.1 Å². The molecular weight excluding hydrogens is 264 g/mol. The summed E-state index contributed by atoms with van der Waals surface area (Å²) < 4.78 is 27.3. The molecule has 3 rings (SSSR count). The minimum absolute atomic E-state index is 0.0686. The summed E-state index contributed by atoms with van der Waals surface area (Å²) in [6.07, 6.45) is 0. The van der Waals surface area contributed by atoms with Gasteiger partial charge in [-0.25, -0.2) is 13.8 Å². The van der Waals surface area contributed by atoms with Crippen molar-refractivity contribution in [2.75, 3.05) is 0 Å². The number of benzene rings is 2. The summed E-state index contributed by atoms with van der Waals surface area (Å²) in [6.45, 7) is 0. The average molecular weight is 273 g/mol. The molecule has 4 heteroatoms. The lowest BCUT2D eigenvalue weighted by Crippen LogP contribution is -1.89. The highest BCUT2D eigenvalue weighted by Crippen LogP contribution is 2.31. The molecule has 3 aromatic rings. The summed E-state index contributed by atoms with van der Waals surface area (Å²) in [7, 11) is 0. The van der Waals surface area contributed by atoms with Crippen molar-refractivity contribution < 1.29 is 8.78 Å². The number of hydrogen-bond donors (Lipinski definition) is 0. The first-order chi connectivity index (χ1) is 9.25. The molecule has 0 aliphatic rings. The van der Waals surface area contributed by atoms with Crippen LogP contribution in [0.1, 0.15) is 0 Å². The maximum absolute atomic E-state index is 13.7. The normalized spacial score (nSPS) is 10.6. The molecule has 0 radical (unpaired) electrons. The summed E-state index contributed by atoms with van der Waals surface area (Å²) in [6, 6.07) is 13.4. The molecule has 0 atom stereocenters. The maximum Gasteiger partial charge on any atom is 0.135 e. The first kappa shape index (κ1) is 12.0. The minimum atomic E-state index is -0.593. The van der Waals surface area contributed by atoms with Crippen LogP contribution in [0.4, 0.5) is 8.78 Å². The second-order valence-electron chi connectivity index (χ2n) is 4.00. The van der Waals surface area contributed by atoms with Crippen LogP contribution in [0, 0.1) is 11.6 Å². The lowest BCUT2D eigenvalue weighted by Gasteiger charge is -2.00. The molecule has 0 spiro atoms. The number of nitrogens with zero attached hydrogens (tertiary/aromatic N) is 1. The lowest BCUT2D eigenvalue weighted by molar-refractivity contribution is 0.589. The average Bonchev–Trinajstić information content (AvgIpc) is 2.89. The highest BCUT2D eigenvalue weighted by atomic mass is 32.1. The molecule has 0 bridgehead atoms. The summed E-state index contributed by atoms with van der Waals surface area (Å²) in [5, 5.41) is 2.42. The molecule has 1 nitrogen and oxygen atoms in total. The second kappa shape index (κ2) is 4.90. The van der Waals surface area contributed by atoms with E-state index in [-0.39, 0.29) is 5.56 Å². The van der Waals surface area contributed by atoms with Gasteiger partial charge in [-0.2, -0.15) is 0 Å². The van der Waals surface area contributed by atoms with Gasteiger partial charge in [0.05, 0.1) is 11.3 Å². The van der Waals surface area contributed by atoms with E-state index in [1.54, 1.807) is 5.38 Å². The van der Waals surface area contributed by atoms with Crippen LogP contribution in [-0.2, 0) is 0 Å². The van der Waals surface area contributed by atoms with Gasteiger partial charge in [0.1, 0.15) is 16.6 Å². The Balaban J connectivity index is 2.07. The molecule has 1 aromatic heterocycles. The van der Waals surface area contributed by atoms with Crippen molar-refractivity contribution in [1.82, 2.24) is 4.98 Å². The van der Waals surface area contributed by atoms with E-state index in [4.69, 9.17) is 0 Å². The molecule has 0 unspecified atom stereocenters. The van der Waals surface area contributed by atoms with Gasteiger partial charge in [-0.15, -0.1) is 11.3 Å². The Kier molecular flexibility index (Phi) is 3.09. The number of thiazole rings is 1. The van der Waals surface area contributed by atoms with Gasteiger partial charge in [-0.1, -0.05) is 36.4 Å². The smallest absolute Gasteiger partial charge is 0.135 e. The molecule has 0 aliphatic carbocycles. The van der Waals surface area contributed by atoms with Crippen LogP contribution < -0.4 is 0 Å². The van der Waals surface area contributed by atoms with E-state index in [2.05, 4.69) is 4.98 Å². The van der Waals surface area contributed by atoms with Crippen molar-refractivity contribution in [2.45, 2.75) is 0 Å². The molecule has 94 valence electrons. The highest BCUT2D eigenvalue weighted by molar-refractivity contribution is 7.13. The summed E-state index contributed by atoms with van der Waals surface area (Å²) >= 11 is 1.37. The van der Waals surface area contributed by atoms with Crippen molar-refractivity contribution in [2.24, 2.45) is 0 Å². The van der Waals surface area contributed by atoms with Crippen LogP contribution in [0.2, 0.25) is 0 Å². The molecule has 0 saturated heterocycles. The Morgan fingerprint density at radius 1 is 0.842 bits per heavy atom. The van der Waals surface area contributed by atoms with Crippen LogP contribution >= 0.6 is 11.3 Å². The summed E-state index contributed by atoms with van der Waals surface area (Å²) in [4.78, 5) is 4.31. The van der Waals surface area contributed by atoms with Gasteiger partial charge in [-0.3, -0.25) is 0 Å². The van der Waals surface area contributed by atoms with Crippen molar-refractivity contribution in [3.63, 3.8) is 0 Å². The second-order valence-corrected chi connectivity index (χ2v) is 4.86. The minimum Gasteiger partial charge on any atom is -0.236 e. The van der Waals surface area contributed by atoms with E-state index in [0.29, 0.717) is 5.69 Å². The van der Waals surface area contributed by atoms with E-state index in [9.17, 15) is 8.78 Å².